The highest BCUT2D eigenvalue weighted by Gasteiger charge is 2.26. The van der Waals surface area contributed by atoms with E-state index in [0.717, 1.165) is 11.3 Å². The van der Waals surface area contributed by atoms with Crippen LogP contribution in [0.25, 0.3) is 11.0 Å². The highest BCUT2D eigenvalue weighted by molar-refractivity contribution is 7.98. The molecule has 2 N–H and O–H groups in total. The van der Waals surface area contributed by atoms with Crippen LogP contribution >= 0.6 is 11.8 Å². The van der Waals surface area contributed by atoms with Gasteiger partial charge in [-0.3, -0.25) is 0 Å². The van der Waals surface area contributed by atoms with Crippen molar-refractivity contribution in [3.8, 4) is 5.75 Å². The number of para-hydroxylation sites is 1. The van der Waals surface area contributed by atoms with Gasteiger partial charge in [0, 0.05) is 22.5 Å². The average molecular weight is 432 g/mol. The molecule has 0 aliphatic rings. The lowest BCUT2D eigenvalue weighted by Crippen LogP contribution is -2.23. The van der Waals surface area contributed by atoms with Gasteiger partial charge in [-0.15, -0.1) is 11.8 Å². The number of nitrogens with one attached hydrogen (secondary N) is 1. The Balaban J connectivity index is 1.70. The van der Waals surface area contributed by atoms with E-state index in [-0.39, 0.29) is 17.7 Å². The van der Waals surface area contributed by atoms with E-state index in [1.54, 1.807) is 30.0 Å². The van der Waals surface area contributed by atoms with Crippen molar-refractivity contribution in [3.05, 3.63) is 100 Å². The Morgan fingerprint density at radius 1 is 0.968 bits per heavy atom. The Morgan fingerprint density at radius 3 is 2.35 bits per heavy atom. The van der Waals surface area contributed by atoms with Crippen LogP contribution in [-0.2, 0) is 0 Å². The fourth-order valence-corrected chi connectivity index (χ4v) is 4.35. The molecule has 0 amide bonds. The second kappa shape index (κ2) is 9.31. The lowest BCUT2D eigenvalue weighted by atomic mass is 9.86. The second-order valence-electron chi connectivity index (χ2n) is 7.62. The number of thioether (sulfide) groups is 1. The highest BCUT2D eigenvalue weighted by atomic mass is 32.2. The normalized spacial score (nSPS) is 13.1. The van der Waals surface area contributed by atoms with E-state index < -0.39 is 5.63 Å². The fourth-order valence-electron chi connectivity index (χ4n) is 3.95. The number of hydrogen-bond acceptors (Lipinski definition) is 5. The van der Waals surface area contributed by atoms with Crippen LogP contribution in [0.1, 0.15) is 30.4 Å². The van der Waals surface area contributed by atoms with E-state index in [4.69, 9.17) is 4.42 Å². The third-order valence-electron chi connectivity index (χ3n) is 5.46. The number of benzene rings is 3. The number of rotatable bonds is 7. The van der Waals surface area contributed by atoms with Crippen molar-refractivity contribution in [3.63, 3.8) is 0 Å². The second-order valence-corrected chi connectivity index (χ2v) is 8.50. The first-order valence-corrected chi connectivity index (χ1v) is 11.5. The van der Waals surface area contributed by atoms with Crippen molar-refractivity contribution in [1.29, 1.82) is 0 Å². The van der Waals surface area contributed by atoms with Crippen LogP contribution < -0.4 is 10.9 Å². The van der Waals surface area contributed by atoms with Gasteiger partial charge in [0.05, 0.1) is 10.9 Å². The number of aromatic hydroxyl groups is 1. The molecule has 2 atom stereocenters. The molecule has 0 aliphatic heterocycles. The van der Waals surface area contributed by atoms with E-state index in [1.807, 2.05) is 36.4 Å². The maximum atomic E-state index is 12.9. The summed E-state index contributed by atoms with van der Waals surface area (Å²) in [6.45, 7) is 2.08. The Labute approximate surface area is 185 Å². The summed E-state index contributed by atoms with van der Waals surface area (Å²) in [5.41, 5.74) is 2.18. The number of fused-ring (bicyclic) bond motifs is 1. The first-order chi connectivity index (χ1) is 15.1. The van der Waals surface area contributed by atoms with Crippen LogP contribution in [0.2, 0.25) is 0 Å². The van der Waals surface area contributed by atoms with Crippen molar-refractivity contribution >= 4 is 28.4 Å². The molecule has 0 aliphatic carbocycles. The molecule has 0 radical (unpaired) electrons. The molecule has 0 bridgehead atoms. The predicted octanol–water partition coefficient (Wildman–Crippen LogP) is 6.24. The average Bonchev–Trinajstić information content (AvgIpc) is 2.79. The summed E-state index contributed by atoms with van der Waals surface area (Å²) in [6.07, 6.45) is 2.67. The smallest absolute Gasteiger partial charge is 0.343 e. The third-order valence-corrected chi connectivity index (χ3v) is 6.21. The van der Waals surface area contributed by atoms with Gasteiger partial charge >= 0.3 is 5.63 Å². The summed E-state index contributed by atoms with van der Waals surface area (Å²) in [4.78, 5) is 14.1. The minimum atomic E-state index is -0.499. The largest absolute Gasteiger partial charge is 0.507 e. The van der Waals surface area contributed by atoms with Crippen LogP contribution in [0, 0.1) is 0 Å². The van der Waals surface area contributed by atoms with Crippen molar-refractivity contribution in [2.45, 2.75) is 30.2 Å². The van der Waals surface area contributed by atoms with Crippen molar-refractivity contribution < 1.29 is 9.52 Å². The van der Waals surface area contributed by atoms with Crippen molar-refractivity contribution in [2.24, 2.45) is 0 Å². The summed E-state index contributed by atoms with van der Waals surface area (Å²) in [6, 6.07) is 25.2. The van der Waals surface area contributed by atoms with Gasteiger partial charge in [-0.05, 0) is 61.6 Å². The zero-order valence-electron chi connectivity index (χ0n) is 17.5. The minimum absolute atomic E-state index is 0.00257. The molecule has 158 valence electrons. The molecule has 2 unspecified atom stereocenters. The maximum absolute atomic E-state index is 12.9. The van der Waals surface area contributed by atoms with E-state index in [9.17, 15) is 9.90 Å². The third kappa shape index (κ3) is 4.62. The molecular weight excluding hydrogens is 406 g/mol. The van der Waals surface area contributed by atoms with Gasteiger partial charge in [0.25, 0.3) is 0 Å². The van der Waals surface area contributed by atoms with Crippen LogP contribution in [0.4, 0.5) is 5.69 Å². The molecular formula is C26H25NO3S. The molecule has 3 aromatic carbocycles. The van der Waals surface area contributed by atoms with Gasteiger partial charge < -0.3 is 14.8 Å². The highest BCUT2D eigenvalue weighted by Crippen LogP contribution is 2.37. The van der Waals surface area contributed by atoms with E-state index >= 15 is 0 Å². The Morgan fingerprint density at radius 2 is 1.65 bits per heavy atom. The lowest BCUT2D eigenvalue weighted by Gasteiger charge is -2.23. The Kier molecular flexibility index (Phi) is 6.33. The standard InChI is InChI=1S/C26H25NO3S/c1-17(27-19-12-14-20(31-2)15-13-19)16-22(18-8-4-3-5-9-18)24-25(28)21-10-6-7-11-23(21)30-26(24)29/h3-15,17,22,27-28H,16H2,1-2H3. The van der Waals surface area contributed by atoms with Crippen molar-refractivity contribution in [2.75, 3.05) is 11.6 Å². The molecule has 31 heavy (non-hydrogen) atoms. The van der Waals surface area contributed by atoms with Gasteiger partial charge in [0.15, 0.2) is 0 Å². The molecule has 0 saturated heterocycles. The number of anilines is 1. The van der Waals surface area contributed by atoms with Gasteiger partial charge in [-0.1, -0.05) is 42.5 Å². The Bertz CT molecular complexity index is 1220. The monoisotopic (exact) mass is 431 g/mol. The van der Waals surface area contributed by atoms with Gasteiger partial charge in [0.2, 0.25) is 0 Å². The molecule has 0 saturated carbocycles. The molecule has 0 spiro atoms. The molecule has 1 heterocycles. The maximum Gasteiger partial charge on any atom is 0.343 e. The first kappa shape index (κ1) is 21.1. The SMILES string of the molecule is CSc1ccc(NC(C)CC(c2ccccc2)c2c(O)c3ccccc3oc2=O)cc1. The van der Waals surface area contributed by atoms with E-state index in [0.29, 0.717) is 23.0 Å². The molecule has 4 nitrogen and oxygen atoms in total. The molecule has 4 aromatic rings. The van der Waals surface area contributed by atoms with Gasteiger partial charge in [-0.2, -0.15) is 0 Å². The summed E-state index contributed by atoms with van der Waals surface area (Å²) in [7, 11) is 0. The topological polar surface area (TPSA) is 62.5 Å². The fraction of sp³-hybridized carbons (Fsp3) is 0.192. The van der Waals surface area contributed by atoms with Crippen LogP contribution in [0.15, 0.2) is 93.0 Å². The summed E-state index contributed by atoms with van der Waals surface area (Å²) >= 11 is 1.70. The van der Waals surface area contributed by atoms with E-state index in [1.165, 1.54) is 4.90 Å². The van der Waals surface area contributed by atoms with Crippen molar-refractivity contribution in [1.82, 2.24) is 0 Å². The van der Waals surface area contributed by atoms with Crippen LogP contribution in [0.3, 0.4) is 0 Å². The molecule has 1 aromatic heterocycles. The van der Waals surface area contributed by atoms with Crippen LogP contribution in [-0.4, -0.2) is 17.4 Å². The predicted molar refractivity (Wildman–Crippen MR) is 128 cm³/mol. The minimum Gasteiger partial charge on any atom is -0.507 e. The number of hydrogen-bond donors (Lipinski definition) is 2. The van der Waals surface area contributed by atoms with Gasteiger partial charge in [0.1, 0.15) is 11.3 Å². The van der Waals surface area contributed by atoms with Gasteiger partial charge in [-0.25, -0.2) is 4.79 Å². The summed E-state index contributed by atoms with van der Waals surface area (Å²) < 4.78 is 5.56. The summed E-state index contributed by atoms with van der Waals surface area (Å²) in [5.74, 6) is -0.313. The summed E-state index contributed by atoms with van der Waals surface area (Å²) in [5, 5.41) is 15.1. The zero-order chi connectivity index (χ0) is 21.8. The first-order valence-electron chi connectivity index (χ1n) is 10.3. The van der Waals surface area contributed by atoms with E-state index in [2.05, 4.69) is 42.8 Å². The quantitative estimate of drug-likeness (QED) is 0.268. The lowest BCUT2D eigenvalue weighted by molar-refractivity contribution is 0.446. The molecule has 0 fully saturated rings. The molecule has 4 rings (SSSR count). The zero-order valence-corrected chi connectivity index (χ0v) is 18.4. The Hall–Kier alpha value is -3.18. The molecule has 5 heteroatoms. The van der Waals surface area contributed by atoms with Crippen LogP contribution in [0.5, 0.6) is 5.75 Å².